The highest BCUT2D eigenvalue weighted by Crippen LogP contribution is 2.18. The van der Waals surface area contributed by atoms with E-state index in [-0.39, 0.29) is 5.57 Å². The van der Waals surface area contributed by atoms with Crippen LogP contribution < -0.4 is 10.2 Å². The van der Waals surface area contributed by atoms with Crippen molar-refractivity contribution < 1.29 is 4.79 Å². The van der Waals surface area contributed by atoms with Crippen LogP contribution in [-0.4, -0.2) is 19.0 Å². The van der Waals surface area contributed by atoms with Crippen molar-refractivity contribution >= 4 is 23.4 Å². The van der Waals surface area contributed by atoms with Gasteiger partial charge in [-0.15, -0.1) is 0 Å². The summed E-state index contributed by atoms with van der Waals surface area (Å²) in [5.74, 6) is -0.399. The van der Waals surface area contributed by atoms with Gasteiger partial charge in [0.15, 0.2) is 0 Å². The smallest absolute Gasteiger partial charge is 0.266 e. The third kappa shape index (κ3) is 4.73. The van der Waals surface area contributed by atoms with Gasteiger partial charge in [0.25, 0.3) is 5.91 Å². The summed E-state index contributed by atoms with van der Waals surface area (Å²) < 4.78 is 0. The minimum Gasteiger partial charge on any atom is -0.372 e. The van der Waals surface area contributed by atoms with E-state index in [1.54, 1.807) is 6.08 Å². The molecule has 0 saturated carbocycles. The molecule has 0 fully saturated rings. The number of benzene rings is 2. The number of anilines is 2. The van der Waals surface area contributed by atoms with E-state index in [4.69, 9.17) is 0 Å². The van der Waals surface area contributed by atoms with Gasteiger partial charge in [0.2, 0.25) is 0 Å². The molecule has 0 spiro atoms. The van der Waals surface area contributed by atoms with Gasteiger partial charge in [-0.05, 0) is 74.7 Å². The molecule has 0 aliphatic heterocycles. The Morgan fingerprint density at radius 3 is 2.27 bits per heavy atom. The largest absolute Gasteiger partial charge is 0.372 e. The van der Waals surface area contributed by atoms with Crippen molar-refractivity contribution in [3.8, 4) is 6.07 Å². The number of hydrogen-bond acceptors (Lipinski definition) is 3. The van der Waals surface area contributed by atoms with Crippen LogP contribution in [0.5, 0.6) is 0 Å². The van der Waals surface area contributed by atoms with Gasteiger partial charge in [-0.2, -0.15) is 5.26 Å². The Bertz CT molecular complexity index is 841. The topological polar surface area (TPSA) is 56.1 Å². The average molecular weight is 347 g/mol. The first-order chi connectivity index (χ1) is 12.5. The van der Waals surface area contributed by atoms with Crippen molar-refractivity contribution in [1.82, 2.24) is 0 Å². The minimum absolute atomic E-state index is 0.0822. The molecule has 2 aromatic carbocycles. The normalized spacial score (nSPS) is 11.0. The second-order valence-electron chi connectivity index (χ2n) is 6.19. The van der Waals surface area contributed by atoms with Crippen LogP contribution in [0.25, 0.3) is 6.08 Å². The van der Waals surface area contributed by atoms with Gasteiger partial charge in [-0.3, -0.25) is 4.79 Å². The SMILES string of the molecule is CCN(CC)c1ccc(/C=C(/C#N)C(=O)Nc2ccc(C)c(C)c2)cc1. The Morgan fingerprint density at radius 2 is 1.73 bits per heavy atom. The molecule has 0 atom stereocenters. The van der Waals surface area contributed by atoms with E-state index in [1.807, 2.05) is 62.4 Å². The molecule has 2 aromatic rings. The zero-order chi connectivity index (χ0) is 19.1. The molecule has 1 amide bonds. The van der Waals surface area contributed by atoms with Crippen LogP contribution in [-0.2, 0) is 4.79 Å². The molecule has 4 nitrogen and oxygen atoms in total. The highest BCUT2D eigenvalue weighted by Gasteiger charge is 2.10. The van der Waals surface area contributed by atoms with Crippen LogP contribution >= 0.6 is 0 Å². The van der Waals surface area contributed by atoms with Gasteiger partial charge in [-0.1, -0.05) is 18.2 Å². The first kappa shape index (κ1) is 19.3. The maximum Gasteiger partial charge on any atom is 0.266 e. The fraction of sp³-hybridized carbons (Fsp3) is 0.273. The van der Waals surface area contributed by atoms with Gasteiger partial charge in [-0.25, -0.2) is 0 Å². The molecule has 26 heavy (non-hydrogen) atoms. The van der Waals surface area contributed by atoms with Gasteiger partial charge in [0, 0.05) is 24.5 Å². The molecule has 0 aliphatic carbocycles. The summed E-state index contributed by atoms with van der Waals surface area (Å²) in [5, 5.41) is 12.2. The lowest BCUT2D eigenvalue weighted by atomic mass is 10.1. The van der Waals surface area contributed by atoms with Gasteiger partial charge < -0.3 is 10.2 Å². The number of nitrogens with one attached hydrogen (secondary N) is 1. The van der Waals surface area contributed by atoms with Gasteiger partial charge in [0.1, 0.15) is 11.6 Å². The number of carbonyl (C=O) groups excluding carboxylic acids is 1. The summed E-state index contributed by atoms with van der Waals surface area (Å²) in [7, 11) is 0. The number of carbonyl (C=O) groups is 1. The van der Waals surface area contributed by atoms with Crippen molar-refractivity contribution in [2.45, 2.75) is 27.7 Å². The lowest BCUT2D eigenvalue weighted by molar-refractivity contribution is -0.112. The quantitative estimate of drug-likeness (QED) is 0.609. The van der Waals surface area contributed by atoms with E-state index >= 15 is 0 Å². The van der Waals surface area contributed by atoms with Crippen molar-refractivity contribution in [3.63, 3.8) is 0 Å². The summed E-state index contributed by atoms with van der Waals surface area (Å²) in [5.41, 5.74) is 4.98. The lowest BCUT2D eigenvalue weighted by Crippen LogP contribution is -2.21. The summed E-state index contributed by atoms with van der Waals surface area (Å²) >= 11 is 0. The average Bonchev–Trinajstić information content (AvgIpc) is 2.64. The maximum absolute atomic E-state index is 12.4. The predicted molar refractivity (Wildman–Crippen MR) is 108 cm³/mol. The summed E-state index contributed by atoms with van der Waals surface area (Å²) in [4.78, 5) is 14.6. The van der Waals surface area contributed by atoms with E-state index in [2.05, 4.69) is 24.1 Å². The highest BCUT2D eigenvalue weighted by atomic mass is 16.1. The Morgan fingerprint density at radius 1 is 1.08 bits per heavy atom. The van der Waals surface area contributed by atoms with Crippen molar-refractivity contribution in [1.29, 1.82) is 5.26 Å². The second-order valence-corrected chi connectivity index (χ2v) is 6.19. The standard InChI is InChI=1S/C22H25N3O/c1-5-25(6-2)21-11-8-18(9-12-21)14-19(15-23)22(26)24-20-10-7-16(3)17(4)13-20/h7-14H,5-6H2,1-4H3,(H,24,26)/b19-14-. The fourth-order valence-electron chi connectivity index (χ4n) is 2.70. The third-order valence-corrected chi connectivity index (χ3v) is 4.46. The molecule has 0 heterocycles. The number of aryl methyl sites for hydroxylation is 2. The monoisotopic (exact) mass is 347 g/mol. The highest BCUT2D eigenvalue weighted by molar-refractivity contribution is 6.09. The molecule has 4 heteroatoms. The number of hydrogen-bond donors (Lipinski definition) is 1. The van der Waals surface area contributed by atoms with Crippen LogP contribution in [0.3, 0.4) is 0 Å². The molecule has 1 N–H and O–H groups in total. The van der Waals surface area contributed by atoms with E-state index in [0.717, 1.165) is 35.5 Å². The van der Waals surface area contributed by atoms with E-state index < -0.39 is 5.91 Å². The lowest BCUT2D eigenvalue weighted by Gasteiger charge is -2.20. The summed E-state index contributed by atoms with van der Waals surface area (Å²) in [6.45, 7) is 10.1. The van der Waals surface area contributed by atoms with Crippen LogP contribution in [0.4, 0.5) is 11.4 Å². The van der Waals surface area contributed by atoms with E-state index in [9.17, 15) is 10.1 Å². The molecule has 0 saturated heterocycles. The van der Waals surface area contributed by atoms with E-state index in [1.165, 1.54) is 0 Å². The molecule has 2 rings (SSSR count). The zero-order valence-electron chi connectivity index (χ0n) is 15.8. The second kappa shape index (κ2) is 8.87. The first-order valence-electron chi connectivity index (χ1n) is 8.83. The van der Waals surface area contributed by atoms with Crippen LogP contribution in [0.15, 0.2) is 48.0 Å². The molecule has 0 bridgehead atoms. The number of nitriles is 1. The van der Waals surface area contributed by atoms with Crippen LogP contribution in [0, 0.1) is 25.2 Å². The number of nitrogens with zero attached hydrogens (tertiary/aromatic N) is 2. The predicted octanol–water partition coefficient (Wildman–Crippen LogP) is 4.70. The Kier molecular flexibility index (Phi) is 6.57. The maximum atomic E-state index is 12.4. The van der Waals surface area contributed by atoms with Crippen molar-refractivity contribution in [2.24, 2.45) is 0 Å². The molecular formula is C22H25N3O. The molecule has 134 valence electrons. The number of rotatable bonds is 6. The summed E-state index contributed by atoms with van der Waals surface area (Å²) in [6.07, 6.45) is 1.61. The molecule has 0 radical (unpaired) electrons. The fourth-order valence-corrected chi connectivity index (χ4v) is 2.70. The Balaban J connectivity index is 2.17. The zero-order valence-corrected chi connectivity index (χ0v) is 15.8. The summed E-state index contributed by atoms with van der Waals surface area (Å²) in [6, 6.07) is 15.6. The van der Waals surface area contributed by atoms with E-state index in [0.29, 0.717) is 5.69 Å². The molecule has 0 aromatic heterocycles. The Labute approximate surface area is 155 Å². The Hall–Kier alpha value is -3.06. The third-order valence-electron chi connectivity index (χ3n) is 4.46. The van der Waals surface area contributed by atoms with Crippen LogP contribution in [0.1, 0.15) is 30.5 Å². The first-order valence-corrected chi connectivity index (χ1v) is 8.83. The molecule has 0 aliphatic rings. The van der Waals surface area contributed by atoms with Gasteiger partial charge in [0.05, 0.1) is 0 Å². The van der Waals surface area contributed by atoms with Crippen molar-refractivity contribution in [2.75, 3.05) is 23.3 Å². The molecule has 0 unspecified atom stereocenters. The van der Waals surface area contributed by atoms with Crippen molar-refractivity contribution in [3.05, 3.63) is 64.7 Å². The van der Waals surface area contributed by atoms with Crippen LogP contribution in [0.2, 0.25) is 0 Å². The molecular weight excluding hydrogens is 322 g/mol. The number of amides is 1. The minimum atomic E-state index is -0.399. The van der Waals surface area contributed by atoms with Gasteiger partial charge >= 0.3 is 0 Å².